The maximum absolute atomic E-state index is 7.32. The van der Waals surface area contributed by atoms with Crippen LogP contribution in [0.5, 0.6) is 0 Å². The van der Waals surface area contributed by atoms with Crippen LogP contribution in [-0.4, -0.2) is 28.4 Å². The second-order valence-corrected chi connectivity index (χ2v) is 20.3. The number of nitriles is 1. The predicted octanol–water partition coefficient (Wildman–Crippen LogP) is 19.3. The van der Waals surface area contributed by atoms with Gasteiger partial charge in [-0.2, -0.15) is 5.26 Å². The molecular formula is C76H70N8. The number of amidine groups is 1. The van der Waals surface area contributed by atoms with E-state index in [-0.39, 0.29) is 0 Å². The largest absolute Gasteiger partial charge is 0.399 e. The number of aliphatic imine (C=N–C) groups is 3. The van der Waals surface area contributed by atoms with Crippen LogP contribution in [0.15, 0.2) is 252 Å². The molecule has 12 rings (SSSR count). The van der Waals surface area contributed by atoms with E-state index in [1.54, 1.807) is 12.1 Å². The molecule has 2 aromatic heterocycles. The van der Waals surface area contributed by atoms with Crippen molar-refractivity contribution < 1.29 is 0 Å². The summed E-state index contributed by atoms with van der Waals surface area (Å²) in [7, 11) is 0. The number of benzene rings is 10. The van der Waals surface area contributed by atoms with Gasteiger partial charge in [-0.15, -0.1) is 0 Å². The maximum atomic E-state index is 7.32. The second kappa shape index (κ2) is 26.8. The van der Waals surface area contributed by atoms with Gasteiger partial charge in [-0.25, -0.2) is 4.99 Å². The topological polar surface area (TPSA) is 123 Å². The van der Waals surface area contributed by atoms with Crippen LogP contribution in [0.3, 0.4) is 0 Å². The van der Waals surface area contributed by atoms with E-state index in [0.29, 0.717) is 30.3 Å². The quantitative estimate of drug-likeness (QED) is 0.0548. The molecule has 4 N–H and O–H groups in total. The molecule has 0 saturated heterocycles. The van der Waals surface area contributed by atoms with Crippen LogP contribution >= 0.6 is 0 Å². The number of rotatable bonds is 12. The number of nitrogens with zero attached hydrogens (tertiary/aromatic N) is 6. The van der Waals surface area contributed by atoms with Crippen molar-refractivity contribution in [2.24, 2.45) is 15.0 Å². The minimum Gasteiger partial charge on any atom is -0.399 e. The van der Waals surface area contributed by atoms with Crippen LogP contribution in [0.4, 0.5) is 11.4 Å². The number of fused-ring (bicyclic) bond motifs is 6. The number of aromatic nitrogens is 2. The number of hydrogen-bond acceptors (Lipinski definition) is 5. The molecule has 0 spiro atoms. The normalized spacial score (nSPS) is 11.2. The van der Waals surface area contributed by atoms with E-state index in [9.17, 15) is 0 Å². The van der Waals surface area contributed by atoms with Crippen molar-refractivity contribution in [1.82, 2.24) is 9.13 Å². The van der Waals surface area contributed by atoms with Crippen molar-refractivity contribution in [3.05, 3.63) is 271 Å². The average molecular weight is 1100 g/mol. The number of anilines is 2. The Kier molecular flexibility index (Phi) is 18.5. The Morgan fingerprint density at radius 3 is 1.46 bits per heavy atom. The summed E-state index contributed by atoms with van der Waals surface area (Å²) in [5.41, 5.74) is 35.6. The molecule has 0 bridgehead atoms. The van der Waals surface area contributed by atoms with Crippen LogP contribution in [0.1, 0.15) is 61.1 Å². The molecule has 8 heteroatoms. The SMILES string of the molecule is C=C/C=C(\C)c1ccc(C(N=C)=NCc2ccc(-c3ccc(C)cc3)c(-n3c4ccc(N)cc4c4cc(N)ccc43)c2)cc1.C=NCc1ccc(-c2ccc(C)cc2)c(-n2c3ccccc3c3cc(-c4ccccc4)ccc32)c1.CC.CC#N. The number of allylic oxidation sites excluding steroid dienone is 3. The molecule has 10 aromatic carbocycles. The van der Waals surface area contributed by atoms with Crippen LogP contribution < -0.4 is 11.5 Å². The van der Waals surface area contributed by atoms with E-state index < -0.39 is 0 Å². The number of aryl methyl sites for hydroxylation is 2. The van der Waals surface area contributed by atoms with E-state index in [4.69, 9.17) is 21.7 Å². The number of nitrogens with two attached hydrogens (primary N) is 2. The van der Waals surface area contributed by atoms with Gasteiger partial charge in [0.1, 0.15) is 0 Å². The lowest BCUT2D eigenvalue weighted by atomic mass is 10.00. The van der Waals surface area contributed by atoms with Gasteiger partial charge in [0.25, 0.3) is 0 Å². The van der Waals surface area contributed by atoms with Gasteiger partial charge < -0.3 is 20.6 Å². The first-order valence-electron chi connectivity index (χ1n) is 28.2. The highest BCUT2D eigenvalue weighted by Gasteiger charge is 2.19. The van der Waals surface area contributed by atoms with Crippen molar-refractivity contribution in [3.8, 4) is 50.8 Å². The van der Waals surface area contributed by atoms with Gasteiger partial charge in [-0.1, -0.05) is 195 Å². The molecule has 0 saturated carbocycles. The minimum atomic E-state index is 0.448. The molecule has 0 aliphatic rings. The zero-order valence-electron chi connectivity index (χ0n) is 48.8. The average Bonchev–Trinajstić information content (AvgIpc) is 3.18. The lowest BCUT2D eigenvalue weighted by Gasteiger charge is -2.16. The number of para-hydroxylation sites is 1. The van der Waals surface area contributed by atoms with E-state index in [0.717, 1.165) is 72.1 Å². The summed E-state index contributed by atoms with van der Waals surface area (Å²) in [6, 6.07) is 78.7. The highest BCUT2D eigenvalue weighted by atomic mass is 15.0. The standard InChI is InChI=1S/C39H35N5.C33H26N2.C2H3N.C2H6/c1-5-6-26(3)28-12-14-30(15-13-28)39(42-4)43-24-27-9-18-33(29-10-7-25(2)8-11-29)38(21-27)44-36-19-16-31(40)22-34(36)35-23-32(41)17-20-37(35)44;1-23-12-15-26(16-13-23)28-18-14-24(22-34-2)20-33(28)35-31-11-7-6-10-29(31)30-21-27(17-19-32(30)35)25-8-4-3-5-9-25;1-2-3;1-2/h5-23H,1,4,24,40-41H2,2-3H3;3-21H,2,22H2,1H3;1H3;1-2H3/b26-6+,43-39?;;;. The number of nitrogen functional groups attached to an aromatic ring is 2. The van der Waals surface area contributed by atoms with Crippen molar-refractivity contribution >= 4 is 79.8 Å². The summed E-state index contributed by atoms with van der Waals surface area (Å²) >= 11 is 0. The molecule has 84 heavy (non-hydrogen) atoms. The van der Waals surface area contributed by atoms with Crippen LogP contribution in [0.25, 0.3) is 93.9 Å². The lowest BCUT2D eigenvalue weighted by molar-refractivity contribution is 1.05. The van der Waals surface area contributed by atoms with Crippen molar-refractivity contribution in [2.45, 2.75) is 54.6 Å². The Bertz CT molecular complexity index is 4370. The van der Waals surface area contributed by atoms with E-state index in [1.165, 1.54) is 62.1 Å². The predicted molar refractivity (Wildman–Crippen MR) is 362 cm³/mol. The van der Waals surface area contributed by atoms with Crippen LogP contribution in [0, 0.1) is 25.2 Å². The number of hydrogen-bond donors (Lipinski definition) is 2. The maximum Gasteiger partial charge on any atom is 0.154 e. The zero-order valence-corrected chi connectivity index (χ0v) is 48.8. The van der Waals surface area contributed by atoms with Crippen molar-refractivity contribution in [2.75, 3.05) is 11.5 Å². The fraction of sp³-hybridized carbons (Fsp3) is 0.105. The summed E-state index contributed by atoms with van der Waals surface area (Å²) in [6.45, 7) is 24.1. The summed E-state index contributed by atoms with van der Waals surface area (Å²) in [6.07, 6.45) is 3.79. The Morgan fingerprint density at radius 2 is 0.952 bits per heavy atom. The van der Waals surface area contributed by atoms with E-state index >= 15 is 0 Å². The van der Waals surface area contributed by atoms with E-state index in [1.807, 2.05) is 56.3 Å². The van der Waals surface area contributed by atoms with Gasteiger partial charge in [0.05, 0.1) is 52.6 Å². The highest BCUT2D eigenvalue weighted by Crippen LogP contribution is 2.41. The summed E-state index contributed by atoms with van der Waals surface area (Å²) in [4.78, 5) is 13.3. The second-order valence-electron chi connectivity index (χ2n) is 20.3. The fourth-order valence-corrected chi connectivity index (χ4v) is 10.7. The highest BCUT2D eigenvalue weighted by molar-refractivity contribution is 6.12. The molecule has 0 radical (unpaired) electrons. The Morgan fingerprint density at radius 1 is 0.500 bits per heavy atom. The Balaban J connectivity index is 0.000000191. The van der Waals surface area contributed by atoms with Gasteiger partial charge in [-0.3, -0.25) is 9.98 Å². The Labute approximate surface area is 494 Å². The van der Waals surface area contributed by atoms with Crippen molar-refractivity contribution in [3.63, 3.8) is 0 Å². The molecule has 0 atom stereocenters. The van der Waals surface area contributed by atoms with Gasteiger partial charge in [0.15, 0.2) is 5.84 Å². The third kappa shape index (κ3) is 12.5. The third-order valence-electron chi connectivity index (χ3n) is 14.7. The summed E-state index contributed by atoms with van der Waals surface area (Å²) < 4.78 is 4.71. The first kappa shape index (κ1) is 58.0. The summed E-state index contributed by atoms with van der Waals surface area (Å²) in [5, 5.41) is 11.9. The first-order valence-corrected chi connectivity index (χ1v) is 28.2. The molecule has 0 unspecified atom stereocenters. The monoisotopic (exact) mass is 1090 g/mol. The van der Waals surface area contributed by atoms with Crippen LogP contribution in [0.2, 0.25) is 0 Å². The molecule has 12 aromatic rings. The minimum absolute atomic E-state index is 0.448. The van der Waals surface area contributed by atoms with Gasteiger partial charge in [0.2, 0.25) is 0 Å². The fourth-order valence-electron chi connectivity index (χ4n) is 10.7. The smallest absolute Gasteiger partial charge is 0.154 e. The zero-order chi connectivity index (χ0) is 59.3. The molecule has 0 aliphatic heterocycles. The molecule has 2 heterocycles. The first-order chi connectivity index (χ1) is 41.0. The van der Waals surface area contributed by atoms with Crippen LogP contribution in [-0.2, 0) is 13.1 Å². The third-order valence-corrected chi connectivity index (χ3v) is 14.7. The van der Waals surface area contributed by atoms with E-state index in [2.05, 4.69) is 242 Å². The van der Waals surface area contributed by atoms with Gasteiger partial charge in [-0.05, 0) is 145 Å². The Hall–Kier alpha value is -10.6. The van der Waals surface area contributed by atoms with Crippen molar-refractivity contribution in [1.29, 1.82) is 5.26 Å². The molecular weight excluding hydrogens is 1020 g/mol. The lowest BCUT2D eigenvalue weighted by Crippen LogP contribution is -2.01. The molecule has 8 nitrogen and oxygen atoms in total. The molecule has 0 aliphatic carbocycles. The van der Waals surface area contributed by atoms with Gasteiger partial charge in [0, 0.05) is 56.5 Å². The molecule has 0 amide bonds. The molecule has 0 fully saturated rings. The van der Waals surface area contributed by atoms with Gasteiger partial charge >= 0.3 is 0 Å². The molecule has 414 valence electrons. The summed E-state index contributed by atoms with van der Waals surface area (Å²) in [5.74, 6) is 0.605.